The van der Waals surface area contributed by atoms with E-state index >= 15 is 0 Å². The van der Waals surface area contributed by atoms with Crippen molar-refractivity contribution < 1.29 is 24.2 Å². The molecule has 1 heterocycles. The third-order valence-electron chi connectivity index (χ3n) is 4.51. The Morgan fingerprint density at radius 1 is 1.00 bits per heavy atom. The molecule has 0 saturated carbocycles. The first-order valence-electron chi connectivity index (χ1n) is 8.70. The summed E-state index contributed by atoms with van der Waals surface area (Å²) >= 11 is 0. The van der Waals surface area contributed by atoms with E-state index in [2.05, 4.69) is 4.90 Å². The highest BCUT2D eigenvalue weighted by Gasteiger charge is 2.22. The van der Waals surface area contributed by atoms with Crippen LogP contribution in [0.2, 0.25) is 0 Å². The molecule has 0 unspecified atom stereocenters. The largest absolute Gasteiger partial charge is 0.497 e. The van der Waals surface area contributed by atoms with E-state index in [1.54, 1.807) is 54.5 Å². The van der Waals surface area contributed by atoms with E-state index in [1.807, 2.05) is 6.07 Å². The maximum Gasteiger partial charge on any atom is 0.335 e. The van der Waals surface area contributed by atoms with Crippen LogP contribution in [0, 0.1) is 0 Å². The summed E-state index contributed by atoms with van der Waals surface area (Å²) in [7, 11) is 1.59. The van der Waals surface area contributed by atoms with Gasteiger partial charge in [0.1, 0.15) is 11.5 Å². The number of aromatic carboxylic acids is 1. The fourth-order valence-electron chi connectivity index (χ4n) is 2.96. The number of anilines is 1. The van der Waals surface area contributed by atoms with Gasteiger partial charge in [-0.05, 0) is 42.5 Å². The van der Waals surface area contributed by atoms with Crippen LogP contribution < -0.4 is 14.4 Å². The minimum atomic E-state index is -0.943. The van der Waals surface area contributed by atoms with Gasteiger partial charge in [-0.2, -0.15) is 0 Å². The van der Waals surface area contributed by atoms with Gasteiger partial charge in [0.15, 0.2) is 6.61 Å². The molecule has 3 rings (SSSR count). The number of amides is 1. The molecule has 1 N–H and O–H groups in total. The van der Waals surface area contributed by atoms with Gasteiger partial charge in [-0.25, -0.2) is 4.79 Å². The fourth-order valence-corrected chi connectivity index (χ4v) is 2.96. The highest BCUT2D eigenvalue weighted by atomic mass is 16.5. The number of nitrogens with zero attached hydrogens (tertiary/aromatic N) is 2. The fraction of sp³-hybridized carbons (Fsp3) is 0.300. The van der Waals surface area contributed by atoms with Crippen molar-refractivity contribution in [1.82, 2.24) is 4.90 Å². The lowest BCUT2D eigenvalue weighted by Crippen LogP contribution is -2.50. The van der Waals surface area contributed by atoms with E-state index in [1.165, 1.54) is 0 Å². The molecule has 1 saturated heterocycles. The number of carboxylic acid groups (broad SMARTS) is 1. The molecule has 7 heteroatoms. The Labute approximate surface area is 157 Å². The molecule has 0 atom stereocenters. The van der Waals surface area contributed by atoms with Crippen molar-refractivity contribution >= 4 is 17.6 Å². The van der Waals surface area contributed by atoms with E-state index in [-0.39, 0.29) is 18.1 Å². The topological polar surface area (TPSA) is 79.3 Å². The summed E-state index contributed by atoms with van der Waals surface area (Å²) in [5, 5.41) is 9.11. The first-order valence-corrected chi connectivity index (χ1v) is 8.70. The number of methoxy groups -OCH3 is 1. The predicted octanol–water partition coefficient (Wildman–Crippen LogP) is 2.12. The summed E-state index contributed by atoms with van der Waals surface area (Å²) in [6.07, 6.45) is 0. The van der Waals surface area contributed by atoms with E-state index in [4.69, 9.17) is 14.6 Å². The second kappa shape index (κ2) is 8.44. The minimum absolute atomic E-state index is 0.0131. The average Bonchev–Trinajstić information content (AvgIpc) is 2.72. The van der Waals surface area contributed by atoms with Gasteiger partial charge in [-0.15, -0.1) is 0 Å². The number of rotatable bonds is 6. The predicted molar refractivity (Wildman–Crippen MR) is 101 cm³/mol. The van der Waals surface area contributed by atoms with Crippen LogP contribution in [-0.4, -0.2) is 61.8 Å². The molecule has 1 aliphatic heterocycles. The number of carbonyl (C=O) groups excluding carboxylic acids is 1. The van der Waals surface area contributed by atoms with E-state index in [0.29, 0.717) is 31.9 Å². The van der Waals surface area contributed by atoms with E-state index in [0.717, 1.165) is 11.4 Å². The third-order valence-corrected chi connectivity index (χ3v) is 4.51. The number of ether oxygens (including phenoxy) is 2. The number of carbonyl (C=O) groups is 2. The quantitative estimate of drug-likeness (QED) is 0.839. The second-order valence-electron chi connectivity index (χ2n) is 6.19. The summed E-state index contributed by atoms with van der Waals surface area (Å²) in [6, 6.07) is 13.9. The zero-order valence-electron chi connectivity index (χ0n) is 15.1. The first kappa shape index (κ1) is 18.6. The maximum absolute atomic E-state index is 12.4. The normalized spacial score (nSPS) is 14.0. The summed E-state index contributed by atoms with van der Waals surface area (Å²) in [5.74, 6) is 0.344. The van der Waals surface area contributed by atoms with Crippen molar-refractivity contribution in [2.24, 2.45) is 0 Å². The smallest absolute Gasteiger partial charge is 0.335 e. The van der Waals surface area contributed by atoms with Crippen LogP contribution in [-0.2, 0) is 4.79 Å². The lowest BCUT2D eigenvalue weighted by molar-refractivity contribution is -0.133. The van der Waals surface area contributed by atoms with Crippen molar-refractivity contribution in [3.63, 3.8) is 0 Å². The number of hydrogen-bond donors (Lipinski definition) is 1. The standard InChI is InChI=1S/C20H22N2O5/c1-26-17-5-7-18(8-6-17)27-14-19(23)22-11-9-21(10-12-22)16-4-2-3-15(13-16)20(24)25/h2-8,13H,9-12,14H2,1H3,(H,24,25). The summed E-state index contributed by atoms with van der Waals surface area (Å²) in [6.45, 7) is 2.43. The van der Waals surface area contributed by atoms with Crippen molar-refractivity contribution in [2.75, 3.05) is 44.8 Å². The van der Waals surface area contributed by atoms with Crippen LogP contribution in [0.15, 0.2) is 48.5 Å². The van der Waals surface area contributed by atoms with Crippen molar-refractivity contribution in [2.45, 2.75) is 0 Å². The number of benzene rings is 2. The van der Waals surface area contributed by atoms with Crippen LogP contribution in [0.1, 0.15) is 10.4 Å². The monoisotopic (exact) mass is 370 g/mol. The number of piperazine rings is 1. The molecular formula is C20H22N2O5. The number of carboxylic acids is 1. The van der Waals surface area contributed by atoms with Crippen molar-refractivity contribution in [3.05, 3.63) is 54.1 Å². The molecule has 7 nitrogen and oxygen atoms in total. The van der Waals surface area contributed by atoms with Gasteiger partial charge in [0, 0.05) is 31.9 Å². The lowest BCUT2D eigenvalue weighted by atomic mass is 10.1. The van der Waals surface area contributed by atoms with Gasteiger partial charge >= 0.3 is 5.97 Å². The Balaban J connectivity index is 1.50. The molecular weight excluding hydrogens is 348 g/mol. The van der Waals surface area contributed by atoms with Crippen LogP contribution in [0.5, 0.6) is 11.5 Å². The lowest BCUT2D eigenvalue weighted by Gasteiger charge is -2.36. The Kier molecular flexibility index (Phi) is 5.80. The molecule has 142 valence electrons. The van der Waals surface area contributed by atoms with E-state index < -0.39 is 5.97 Å². The van der Waals surface area contributed by atoms with Gasteiger partial charge < -0.3 is 24.4 Å². The summed E-state index contributed by atoms with van der Waals surface area (Å²) in [4.78, 5) is 27.3. The molecule has 2 aromatic rings. The van der Waals surface area contributed by atoms with E-state index in [9.17, 15) is 9.59 Å². The van der Waals surface area contributed by atoms with Gasteiger partial charge in [0.05, 0.1) is 12.7 Å². The first-order chi connectivity index (χ1) is 13.1. The molecule has 0 radical (unpaired) electrons. The molecule has 27 heavy (non-hydrogen) atoms. The Morgan fingerprint density at radius 3 is 2.30 bits per heavy atom. The van der Waals surface area contributed by atoms with Gasteiger partial charge in [-0.1, -0.05) is 6.07 Å². The number of hydrogen-bond acceptors (Lipinski definition) is 5. The average molecular weight is 370 g/mol. The molecule has 1 aliphatic rings. The Hall–Kier alpha value is -3.22. The van der Waals surface area contributed by atoms with Gasteiger partial charge in [0.25, 0.3) is 5.91 Å². The maximum atomic E-state index is 12.4. The SMILES string of the molecule is COc1ccc(OCC(=O)N2CCN(c3cccc(C(=O)O)c3)CC2)cc1. The van der Waals surface area contributed by atoms with Crippen LogP contribution in [0.3, 0.4) is 0 Å². The summed E-state index contributed by atoms with van der Waals surface area (Å²) < 4.78 is 10.6. The van der Waals surface area contributed by atoms with Gasteiger partial charge in [-0.3, -0.25) is 4.79 Å². The van der Waals surface area contributed by atoms with Crippen LogP contribution >= 0.6 is 0 Å². The highest BCUT2D eigenvalue weighted by Crippen LogP contribution is 2.19. The zero-order chi connectivity index (χ0) is 19.2. The van der Waals surface area contributed by atoms with Gasteiger partial charge in [0.2, 0.25) is 0 Å². The molecule has 2 aromatic carbocycles. The Bertz CT molecular complexity index is 798. The molecule has 1 amide bonds. The molecule has 0 bridgehead atoms. The van der Waals surface area contributed by atoms with Crippen molar-refractivity contribution in [3.8, 4) is 11.5 Å². The second-order valence-corrected chi connectivity index (χ2v) is 6.19. The van der Waals surface area contributed by atoms with Crippen LogP contribution in [0.4, 0.5) is 5.69 Å². The minimum Gasteiger partial charge on any atom is -0.497 e. The summed E-state index contributed by atoms with van der Waals surface area (Å²) in [5.41, 5.74) is 1.12. The van der Waals surface area contributed by atoms with Crippen LogP contribution in [0.25, 0.3) is 0 Å². The molecule has 1 fully saturated rings. The Morgan fingerprint density at radius 2 is 1.67 bits per heavy atom. The third kappa shape index (κ3) is 4.69. The highest BCUT2D eigenvalue weighted by molar-refractivity contribution is 5.88. The molecule has 0 aliphatic carbocycles. The zero-order valence-corrected chi connectivity index (χ0v) is 15.1. The molecule has 0 spiro atoms. The molecule has 0 aromatic heterocycles. The van der Waals surface area contributed by atoms with Crippen molar-refractivity contribution in [1.29, 1.82) is 0 Å².